The summed E-state index contributed by atoms with van der Waals surface area (Å²) in [5.41, 5.74) is 1.85. The van der Waals surface area contributed by atoms with Crippen molar-refractivity contribution in [2.24, 2.45) is 0 Å². The van der Waals surface area contributed by atoms with Crippen molar-refractivity contribution < 1.29 is 19.1 Å². The minimum atomic E-state index is -0.224. The largest absolute Gasteiger partial charge is 0.497 e. The highest BCUT2D eigenvalue weighted by Crippen LogP contribution is 2.35. The van der Waals surface area contributed by atoms with Crippen LogP contribution in [-0.4, -0.2) is 32.1 Å². The maximum absolute atomic E-state index is 12.5. The van der Waals surface area contributed by atoms with Gasteiger partial charge in [-0.25, -0.2) is 0 Å². The standard InChI is InChI=1S/C21H24N2O4/c1-3-4-5-12-23-18-13-16(8-11-19(18)27-14-20(23)24)22-21(25)15-6-9-17(26-2)10-7-15/h6-11,13H,3-5,12,14H2,1-2H3,(H,22,25). The molecule has 1 aliphatic heterocycles. The molecule has 0 radical (unpaired) electrons. The highest BCUT2D eigenvalue weighted by atomic mass is 16.5. The lowest BCUT2D eigenvalue weighted by Gasteiger charge is -2.29. The van der Waals surface area contributed by atoms with E-state index in [1.807, 2.05) is 0 Å². The molecule has 3 rings (SSSR count). The molecule has 0 spiro atoms. The topological polar surface area (TPSA) is 67.9 Å². The molecular weight excluding hydrogens is 344 g/mol. The van der Waals surface area contributed by atoms with Gasteiger partial charge in [0, 0.05) is 17.8 Å². The summed E-state index contributed by atoms with van der Waals surface area (Å²) in [7, 11) is 1.58. The van der Waals surface area contributed by atoms with E-state index >= 15 is 0 Å². The molecule has 0 aliphatic carbocycles. The van der Waals surface area contributed by atoms with Crippen molar-refractivity contribution in [3.63, 3.8) is 0 Å². The number of amides is 2. The maximum Gasteiger partial charge on any atom is 0.265 e. The summed E-state index contributed by atoms with van der Waals surface area (Å²) < 4.78 is 10.6. The summed E-state index contributed by atoms with van der Waals surface area (Å²) in [5, 5.41) is 2.88. The lowest BCUT2D eigenvalue weighted by atomic mass is 10.1. The molecule has 0 atom stereocenters. The molecule has 6 heteroatoms. The van der Waals surface area contributed by atoms with Gasteiger partial charge in [0.25, 0.3) is 11.8 Å². The highest BCUT2D eigenvalue weighted by Gasteiger charge is 2.25. The second kappa shape index (κ2) is 8.58. The Kier molecular flexibility index (Phi) is 5.96. The van der Waals surface area contributed by atoms with Crippen molar-refractivity contribution in [3.8, 4) is 11.5 Å². The number of nitrogens with zero attached hydrogens (tertiary/aromatic N) is 1. The Bertz CT molecular complexity index is 817. The van der Waals surface area contributed by atoms with Crippen LogP contribution in [0.5, 0.6) is 11.5 Å². The molecule has 1 aliphatic rings. The summed E-state index contributed by atoms with van der Waals surface area (Å²) in [6, 6.07) is 12.2. The highest BCUT2D eigenvalue weighted by molar-refractivity contribution is 6.05. The second-order valence-corrected chi connectivity index (χ2v) is 6.41. The lowest BCUT2D eigenvalue weighted by Crippen LogP contribution is -2.39. The number of benzene rings is 2. The summed E-state index contributed by atoms with van der Waals surface area (Å²) in [6.07, 6.45) is 3.08. The van der Waals surface area contributed by atoms with Crippen molar-refractivity contribution in [2.75, 3.05) is 30.5 Å². The Labute approximate surface area is 159 Å². The van der Waals surface area contributed by atoms with Gasteiger partial charge in [0.05, 0.1) is 12.8 Å². The van der Waals surface area contributed by atoms with Crippen LogP contribution in [0.3, 0.4) is 0 Å². The molecule has 6 nitrogen and oxygen atoms in total. The first-order chi connectivity index (χ1) is 13.1. The number of unbranched alkanes of at least 4 members (excludes halogenated alkanes) is 2. The van der Waals surface area contributed by atoms with Crippen LogP contribution in [0.25, 0.3) is 0 Å². The average Bonchev–Trinajstić information content (AvgIpc) is 2.70. The van der Waals surface area contributed by atoms with E-state index in [0.29, 0.717) is 35.0 Å². The molecule has 2 aromatic rings. The van der Waals surface area contributed by atoms with Crippen LogP contribution in [0, 0.1) is 0 Å². The van der Waals surface area contributed by atoms with Crippen LogP contribution >= 0.6 is 0 Å². The first kappa shape index (κ1) is 18.8. The van der Waals surface area contributed by atoms with Crippen molar-refractivity contribution in [1.82, 2.24) is 0 Å². The van der Waals surface area contributed by atoms with E-state index in [1.165, 1.54) is 0 Å². The summed E-state index contributed by atoms with van der Waals surface area (Å²) in [4.78, 5) is 26.5. The Morgan fingerprint density at radius 2 is 1.96 bits per heavy atom. The van der Waals surface area contributed by atoms with E-state index in [1.54, 1.807) is 54.5 Å². The number of fused-ring (bicyclic) bond motifs is 1. The Hall–Kier alpha value is -3.02. The number of nitrogens with one attached hydrogen (secondary N) is 1. The number of ether oxygens (including phenoxy) is 2. The van der Waals surface area contributed by atoms with Gasteiger partial charge in [-0.2, -0.15) is 0 Å². The van der Waals surface area contributed by atoms with Gasteiger partial charge in [-0.1, -0.05) is 19.8 Å². The monoisotopic (exact) mass is 368 g/mol. The average molecular weight is 368 g/mol. The maximum atomic E-state index is 12.5. The zero-order valence-corrected chi connectivity index (χ0v) is 15.7. The molecule has 0 fully saturated rings. The molecule has 0 saturated carbocycles. The summed E-state index contributed by atoms with van der Waals surface area (Å²) in [6.45, 7) is 2.83. The molecule has 0 bridgehead atoms. The lowest BCUT2D eigenvalue weighted by molar-refractivity contribution is -0.121. The van der Waals surface area contributed by atoms with Gasteiger partial charge in [-0.15, -0.1) is 0 Å². The number of hydrogen-bond acceptors (Lipinski definition) is 4. The molecule has 1 heterocycles. The fraction of sp³-hybridized carbons (Fsp3) is 0.333. The van der Waals surface area contributed by atoms with Gasteiger partial charge >= 0.3 is 0 Å². The van der Waals surface area contributed by atoms with Gasteiger partial charge in [-0.05, 0) is 48.9 Å². The molecule has 27 heavy (non-hydrogen) atoms. The van der Waals surface area contributed by atoms with Gasteiger partial charge < -0.3 is 19.7 Å². The smallest absolute Gasteiger partial charge is 0.265 e. The first-order valence-electron chi connectivity index (χ1n) is 9.15. The van der Waals surface area contributed by atoms with E-state index in [-0.39, 0.29) is 18.4 Å². The van der Waals surface area contributed by atoms with Gasteiger partial charge in [0.2, 0.25) is 0 Å². The third-order valence-electron chi connectivity index (χ3n) is 4.50. The molecule has 0 unspecified atom stereocenters. The van der Waals surface area contributed by atoms with Crippen molar-refractivity contribution in [1.29, 1.82) is 0 Å². The fourth-order valence-electron chi connectivity index (χ4n) is 2.99. The Morgan fingerprint density at radius 3 is 2.67 bits per heavy atom. The third kappa shape index (κ3) is 4.39. The minimum absolute atomic E-state index is 0.0523. The fourth-order valence-corrected chi connectivity index (χ4v) is 2.99. The number of carbonyl (C=O) groups is 2. The Balaban J connectivity index is 1.77. The summed E-state index contributed by atoms with van der Waals surface area (Å²) in [5.74, 6) is 1.07. The molecule has 2 amide bonds. The SMILES string of the molecule is CCCCCN1C(=O)COc2ccc(NC(=O)c3ccc(OC)cc3)cc21. The predicted molar refractivity (Wildman–Crippen MR) is 105 cm³/mol. The van der Waals surface area contributed by atoms with E-state index in [4.69, 9.17) is 9.47 Å². The predicted octanol–water partition coefficient (Wildman–Crippen LogP) is 3.86. The normalized spacial score (nSPS) is 13.0. The number of carbonyl (C=O) groups excluding carboxylic acids is 2. The van der Waals surface area contributed by atoms with E-state index in [0.717, 1.165) is 19.3 Å². The molecule has 1 N–H and O–H groups in total. The van der Waals surface area contributed by atoms with Gasteiger partial charge in [-0.3, -0.25) is 9.59 Å². The van der Waals surface area contributed by atoms with Crippen LogP contribution in [0.1, 0.15) is 36.5 Å². The number of rotatable bonds is 7. The number of hydrogen-bond donors (Lipinski definition) is 1. The van der Waals surface area contributed by atoms with Crippen LogP contribution < -0.4 is 19.7 Å². The van der Waals surface area contributed by atoms with E-state index in [2.05, 4.69) is 12.2 Å². The van der Waals surface area contributed by atoms with Gasteiger partial charge in [0.1, 0.15) is 11.5 Å². The van der Waals surface area contributed by atoms with Crippen molar-refractivity contribution in [3.05, 3.63) is 48.0 Å². The van der Waals surface area contributed by atoms with Crippen molar-refractivity contribution in [2.45, 2.75) is 26.2 Å². The number of anilines is 2. The van der Waals surface area contributed by atoms with Crippen molar-refractivity contribution >= 4 is 23.2 Å². The zero-order chi connectivity index (χ0) is 19.2. The molecular formula is C21H24N2O4. The molecule has 142 valence electrons. The van der Waals surface area contributed by atoms with Crippen LogP contribution in [0.4, 0.5) is 11.4 Å². The second-order valence-electron chi connectivity index (χ2n) is 6.41. The summed E-state index contributed by atoms with van der Waals surface area (Å²) >= 11 is 0. The van der Waals surface area contributed by atoms with Crippen LogP contribution in [0.15, 0.2) is 42.5 Å². The zero-order valence-electron chi connectivity index (χ0n) is 15.7. The third-order valence-corrected chi connectivity index (χ3v) is 4.50. The van der Waals surface area contributed by atoms with E-state index < -0.39 is 0 Å². The molecule has 0 saturated heterocycles. The van der Waals surface area contributed by atoms with Crippen LogP contribution in [0.2, 0.25) is 0 Å². The first-order valence-corrected chi connectivity index (χ1v) is 9.15. The quantitative estimate of drug-likeness (QED) is 0.754. The molecule has 0 aromatic heterocycles. The van der Waals surface area contributed by atoms with E-state index in [9.17, 15) is 9.59 Å². The minimum Gasteiger partial charge on any atom is -0.497 e. The van der Waals surface area contributed by atoms with Gasteiger partial charge in [0.15, 0.2) is 6.61 Å². The Morgan fingerprint density at radius 1 is 1.19 bits per heavy atom. The number of methoxy groups -OCH3 is 1. The molecule has 2 aromatic carbocycles. The van der Waals surface area contributed by atoms with Crippen LogP contribution in [-0.2, 0) is 4.79 Å².